The first-order valence-electron chi connectivity index (χ1n) is 9.09. The van der Waals surface area contributed by atoms with Crippen LogP contribution in [0.15, 0.2) is 23.8 Å². The van der Waals surface area contributed by atoms with Crippen LogP contribution >= 0.6 is 0 Å². The lowest BCUT2D eigenvalue weighted by Gasteiger charge is -2.40. The number of ether oxygens (including phenoxy) is 2. The van der Waals surface area contributed by atoms with Gasteiger partial charge in [-0.05, 0) is 38.7 Å². The number of carbonyl (C=O) groups is 3. The standard InChI is InChI=1S/C20H26O6/c1-6-9(2)18(23)26-17-14-11(4)19(24)25-16(14)15(22)10(3)12-7-8-13(21)20(12,17)5/h6-8,10-12,14-17,22H,1-5H3/b9-6-/t10-,11-,12-,14+,15+,16-,17-,20-/m0/s1. The molecule has 6 nitrogen and oxygen atoms in total. The Bertz CT molecular complexity index is 707. The first-order chi connectivity index (χ1) is 12.1. The molecule has 2 aliphatic carbocycles. The quantitative estimate of drug-likeness (QED) is 0.595. The molecule has 6 heteroatoms. The van der Waals surface area contributed by atoms with Crippen LogP contribution in [0.5, 0.6) is 0 Å². The lowest BCUT2D eigenvalue weighted by Crippen LogP contribution is -2.50. The summed E-state index contributed by atoms with van der Waals surface area (Å²) >= 11 is 0. The minimum atomic E-state index is -1.04. The maximum absolute atomic E-state index is 12.8. The average Bonchev–Trinajstić information content (AvgIpc) is 3.06. The molecule has 0 unspecified atom stereocenters. The molecule has 2 fully saturated rings. The number of allylic oxidation sites excluding steroid dienone is 3. The fraction of sp³-hybridized carbons (Fsp3) is 0.650. The predicted octanol–water partition coefficient (Wildman–Crippen LogP) is 1.81. The van der Waals surface area contributed by atoms with Gasteiger partial charge < -0.3 is 14.6 Å². The van der Waals surface area contributed by atoms with Crippen molar-refractivity contribution >= 4 is 17.7 Å². The van der Waals surface area contributed by atoms with E-state index in [9.17, 15) is 19.5 Å². The molecule has 0 amide bonds. The van der Waals surface area contributed by atoms with Gasteiger partial charge in [0.15, 0.2) is 5.78 Å². The van der Waals surface area contributed by atoms with Crippen LogP contribution in [0.4, 0.5) is 0 Å². The summed E-state index contributed by atoms with van der Waals surface area (Å²) in [5.74, 6) is -2.88. The van der Waals surface area contributed by atoms with Crippen molar-refractivity contribution in [2.75, 3.05) is 0 Å². The summed E-state index contributed by atoms with van der Waals surface area (Å²) in [6.07, 6.45) is 2.35. The Morgan fingerprint density at radius 3 is 2.62 bits per heavy atom. The van der Waals surface area contributed by atoms with Gasteiger partial charge in [-0.2, -0.15) is 0 Å². The van der Waals surface area contributed by atoms with E-state index in [0.29, 0.717) is 5.57 Å². The fourth-order valence-corrected chi connectivity index (χ4v) is 4.72. The first-order valence-corrected chi connectivity index (χ1v) is 9.09. The van der Waals surface area contributed by atoms with Crippen LogP contribution in [0.25, 0.3) is 0 Å². The summed E-state index contributed by atoms with van der Waals surface area (Å²) in [4.78, 5) is 37.6. The molecule has 3 aliphatic rings. The highest BCUT2D eigenvalue weighted by Gasteiger charge is 2.65. The van der Waals surface area contributed by atoms with E-state index < -0.39 is 47.5 Å². The minimum Gasteiger partial charge on any atom is -0.459 e. The van der Waals surface area contributed by atoms with Crippen molar-refractivity contribution < 1.29 is 29.0 Å². The van der Waals surface area contributed by atoms with Gasteiger partial charge in [-0.3, -0.25) is 9.59 Å². The maximum Gasteiger partial charge on any atom is 0.333 e. The Morgan fingerprint density at radius 1 is 1.35 bits per heavy atom. The third kappa shape index (κ3) is 2.46. The van der Waals surface area contributed by atoms with Crippen molar-refractivity contribution in [3.05, 3.63) is 23.8 Å². The topological polar surface area (TPSA) is 89.9 Å². The molecule has 1 saturated carbocycles. The number of hydrogen-bond donors (Lipinski definition) is 1. The Kier molecular flexibility index (Phi) is 4.59. The van der Waals surface area contributed by atoms with Gasteiger partial charge in [0, 0.05) is 11.5 Å². The number of ketones is 1. The van der Waals surface area contributed by atoms with E-state index in [1.54, 1.807) is 39.8 Å². The van der Waals surface area contributed by atoms with Gasteiger partial charge >= 0.3 is 11.9 Å². The fourth-order valence-electron chi connectivity index (χ4n) is 4.72. The minimum absolute atomic E-state index is 0.148. The summed E-state index contributed by atoms with van der Waals surface area (Å²) in [5.41, 5.74) is -0.609. The van der Waals surface area contributed by atoms with E-state index in [1.807, 2.05) is 6.92 Å². The van der Waals surface area contributed by atoms with Crippen molar-refractivity contribution in [2.24, 2.45) is 29.1 Å². The average molecular weight is 362 g/mol. The van der Waals surface area contributed by atoms with Crippen molar-refractivity contribution in [3.8, 4) is 0 Å². The van der Waals surface area contributed by atoms with E-state index in [2.05, 4.69) is 0 Å². The van der Waals surface area contributed by atoms with E-state index in [4.69, 9.17) is 9.47 Å². The molecule has 0 radical (unpaired) electrons. The number of fused-ring (bicyclic) bond motifs is 2. The molecule has 26 heavy (non-hydrogen) atoms. The third-order valence-electron chi connectivity index (χ3n) is 6.63. The monoisotopic (exact) mass is 362 g/mol. The van der Waals surface area contributed by atoms with Crippen LogP contribution in [0.1, 0.15) is 34.6 Å². The van der Waals surface area contributed by atoms with Crippen molar-refractivity contribution in [2.45, 2.75) is 52.9 Å². The maximum atomic E-state index is 12.8. The van der Waals surface area contributed by atoms with Gasteiger partial charge in [-0.25, -0.2) is 4.79 Å². The highest BCUT2D eigenvalue weighted by molar-refractivity contribution is 5.99. The molecular formula is C20H26O6. The number of carbonyl (C=O) groups excluding carboxylic acids is 3. The molecule has 142 valence electrons. The molecule has 8 atom stereocenters. The second-order valence-corrected chi connectivity index (χ2v) is 7.95. The SMILES string of the molecule is C/C=C(/C)C(=O)O[C@H]1[C@H]2[C@H](OC(=O)[C@H]2C)[C@H](O)[C@@H](C)[C@@H]2C=CC(=O)[C@]21C. The Morgan fingerprint density at radius 2 is 2.00 bits per heavy atom. The van der Waals surface area contributed by atoms with Crippen LogP contribution < -0.4 is 0 Å². The number of rotatable bonds is 2. The summed E-state index contributed by atoms with van der Waals surface area (Å²) in [5, 5.41) is 10.8. The molecule has 1 N–H and O–H groups in total. The second-order valence-electron chi connectivity index (χ2n) is 7.95. The van der Waals surface area contributed by atoms with Crippen LogP contribution in [-0.2, 0) is 23.9 Å². The lowest BCUT2D eigenvalue weighted by molar-refractivity contribution is -0.163. The summed E-state index contributed by atoms with van der Waals surface area (Å²) in [6.45, 7) is 8.68. The first kappa shape index (κ1) is 18.8. The van der Waals surface area contributed by atoms with Gasteiger partial charge in [0.2, 0.25) is 0 Å². The van der Waals surface area contributed by atoms with Gasteiger partial charge in [0.05, 0.1) is 17.4 Å². The number of aliphatic hydroxyl groups is 1. The zero-order valence-corrected chi connectivity index (χ0v) is 15.8. The van der Waals surface area contributed by atoms with Gasteiger partial charge in [0.1, 0.15) is 12.2 Å². The molecule has 0 aromatic carbocycles. The predicted molar refractivity (Wildman–Crippen MR) is 92.8 cm³/mol. The molecule has 0 spiro atoms. The Labute approximate surface area is 153 Å². The van der Waals surface area contributed by atoms with E-state index in [0.717, 1.165) is 0 Å². The summed E-state index contributed by atoms with van der Waals surface area (Å²) in [7, 11) is 0. The van der Waals surface area contributed by atoms with Crippen molar-refractivity contribution in [3.63, 3.8) is 0 Å². The third-order valence-corrected chi connectivity index (χ3v) is 6.63. The summed E-state index contributed by atoms with van der Waals surface area (Å²) < 4.78 is 11.3. The van der Waals surface area contributed by atoms with Crippen LogP contribution in [0.2, 0.25) is 0 Å². The second kappa shape index (κ2) is 6.34. The Balaban J connectivity index is 2.12. The van der Waals surface area contributed by atoms with Gasteiger partial charge in [0.25, 0.3) is 0 Å². The highest BCUT2D eigenvalue weighted by Crippen LogP contribution is 2.54. The molecular weight excluding hydrogens is 336 g/mol. The lowest BCUT2D eigenvalue weighted by atomic mass is 9.66. The van der Waals surface area contributed by atoms with Crippen molar-refractivity contribution in [1.29, 1.82) is 0 Å². The van der Waals surface area contributed by atoms with Crippen molar-refractivity contribution in [1.82, 2.24) is 0 Å². The molecule has 1 saturated heterocycles. The molecule has 0 aromatic rings. The molecule has 1 heterocycles. The largest absolute Gasteiger partial charge is 0.459 e. The molecule has 0 bridgehead atoms. The number of hydrogen-bond acceptors (Lipinski definition) is 6. The van der Waals surface area contributed by atoms with Crippen LogP contribution in [0, 0.1) is 29.1 Å². The normalized spacial score (nSPS) is 45.0. The van der Waals surface area contributed by atoms with Crippen LogP contribution in [-0.4, -0.2) is 41.1 Å². The summed E-state index contributed by atoms with van der Waals surface area (Å²) in [6, 6.07) is 0. The zero-order chi connectivity index (χ0) is 19.4. The number of aliphatic hydroxyl groups excluding tert-OH is 1. The highest BCUT2D eigenvalue weighted by atomic mass is 16.6. The van der Waals surface area contributed by atoms with Gasteiger partial charge in [-0.15, -0.1) is 0 Å². The Hall–Kier alpha value is -1.95. The van der Waals surface area contributed by atoms with Gasteiger partial charge in [-0.1, -0.05) is 26.0 Å². The smallest absolute Gasteiger partial charge is 0.333 e. The van der Waals surface area contributed by atoms with Crippen LogP contribution in [0.3, 0.4) is 0 Å². The zero-order valence-electron chi connectivity index (χ0n) is 15.8. The number of esters is 2. The molecule has 1 aliphatic heterocycles. The van der Waals surface area contributed by atoms with E-state index >= 15 is 0 Å². The van der Waals surface area contributed by atoms with E-state index in [1.165, 1.54) is 6.08 Å². The molecule has 3 rings (SSSR count). The molecule has 0 aromatic heterocycles. The van der Waals surface area contributed by atoms with E-state index in [-0.39, 0.29) is 17.6 Å².